The fourth-order valence-corrected chi connectivity index (χ4v) is 7.12. The lowest BCUT2D eigenvalue weighted by Gasteiger charge is -2.25. The standard InChI is InChI=1S/C34H48N6O6S/c1-34(2,3)26-19-27(31(45-6)28(20-26)36-47(7,43)44)35-33(42)46-29-18-23-10-8-11-24(30(23)38(29)5)22-39-13-9-14-40(17-16-39)32(41)25-12-15-37(4)21-25/h8,10-11,18-20,25,36H,9,12-17,21-22H2,1-7H3,(H,35,42)/t25-/m0/s1. The van der Waals surface area contributed by atoms with Crippen LogP contribution in [0.3, 0.4) is 0 Å². The van der Waals surface area contributed by atoms with Crippen LogP contribution >= 0.6 is 0 Å². The van der Waals surface area contributed by atoms with Crippen molar-refractivity contribution >= 4 is 44.3 Å². The van der Waals surface area contributed by atoms with Crippen molar-refractivity contribution in [2.75, 3.05) is 69.7 Å². The van der Waals surface area contributed by atoms with Gasteiger partial charge in [0.1, 0.15) is 0 Å². The molecule has 0 unspecified atom stereocenters. The van der Waals surface area contributed by atoms with Gasteiger partial charge in [-0.1, -0.05) is 39.0 Å². The summed E-state index contributed by atoms with van der Waals surface area (Å²) in [5.74, 6) is 0.924. The van der Waals surface area contributed by atoms with Gasteiger partial charge in [0.15, 0.2) is 5.75 Å². The minimum Gasteiger partial charge on any atom is -0.492 e. The van der Waals surface area contributed by atoms with Gasteiger partial charge in [-0.2, -0.15) is 0 Å². The molecule has 1 atom stereocenters. The molecule has 5 rings (SSSR count). The highest BCUT2D eigenvalue weighted by Crippen LogP contribution is 2.39. The Hall–Kier alpha value is -3.81. The monoisotopic (exact) mass is 668 g/mol. The molecule has 256 valence electrons. The second kappa shape index (κ2) is 13.7. The summed E-state index contributed by atoms with van der Waals surface area (Å²) in [5.41, 5.74) is 3.02. The molecule has 2 amide bonds. The van der Waals surface area contributed by atoms with Crippen LogP contribution in [0.1, 0.15) is 44.7 Å². The fraction of sp³-hybridized carbons (Fsp3) is 0.529. The average molecular weight is 669 g/mol. The van der Waals surface area contributed by atoms with E-state index in [4.69, 9.17) is 9.47 Å². The number of sulfonamides is 1. The van der Waals surface area contributed by atoms with E-state index in [1.54, 1.807) is 12.1 Å². The lowest BCUT2D eigenvalue weighted by atomic mass is 9.86. The molecule has 47 heavy (non-hydrogen) atoms. The molecule has 0 saturated carbocycles. The highest BCUT2D eigenvalue weighted by Gasteiger charge is 2.31. The van der Waals surface area contributed by atoms with Crippen molar-refractivity contribution < 1.29 is 27.5 Å². The van der Waals surface area contributed by atoms with Crippen molar-refractivity contribution in [3.8, 4) is 11.6 Å². The Kier molecular flexibility index (Phi) is 10.1. The summed E-state index contributed by atoms with van der Waals surface area (Å²) >= 11 is 0. The van der Waals surface area contributed by atoms with E-state index in [9.17, 15) is 18.0 Å². The molecule has 2 N–H and O–H groups in total. The van der Waals surface area contributed by atoms with Crippen LogP contribution in [0.4, 0.5) is 16.2 Å². The van der Waals surface area contributed by atoms with Gasteiger partial charge < -0.3 is 23.8 Å². The Morgan fingerprint density at radius 1 is 1.00 bits per heavy atom. The third-order valence-electron chi connectivity index (χ3n) is 9.02. The summed E-state index contributed by atoms with van der Waals surface area (Å²) in [5, 5.41) is 3.71. The van der Waals surface area contributed by atoms with Crippen molar-refractivity contribution in [1.29, 1.82) is 0 Å². The second-order valence-corrected chi connectivity index (χ2v) is 15.6. The molecule has 1 aromatic heterocycles. The topological polar surface area (TPSA) is 125 Å². The molecule has 2 aromatic carbocycles. The molecule has 2 fully saturated rings. The SMILES string of the molecule is COc1c(NC(=O)Oc2cc3cccc(CN4CCCN(C(=O)[C@H]5CCN(C)C5)CC4)c3n2C)cc(C(C)(C)C)cc1NS(C)(=O)=O. The summed E-state index contributed by atoms with van der Waals surface area (Å²) in [6.07, 6.45) is 2.18. The van der Waals surface area contributed by atoms with Crippen molar-refractivity contribution in [3.05, 3.63) is 47.5 Å². The van der Waals surface area contributed by atoms with E-state index in [2.05, 4.69) is 33.0 Å². The molecule has 2 aliphatic heterocycles. The summed E-state index contributed by atoms with van der Waals surface area (Å²) in [4.78, 5) is 33.1. The van der Waals surface area contributed by atoms with Gasteiger partial charge in [-0.05, 0) is 55.1 Å². The Bertz CT molecular complexity index is 1750. The van der Waals surface area contributed by atoms with Crippen molar-refractivity contribution in [2.45, 2.75) is 45.6 Å². The summed E-state index contributed by atoms with van der Waals surface area (Å²) in [6, 6.07) is 11.4. The predicted molar refractivity (Wildman–Crippen MR) is 185 cm³/mol. The first kappa shape index (κ1) is 34.5. The molecule has 0 spiro atoms. The fourth-order valence-electron chi connectivity index (χ4n) is 6.57. The molecule has 0 radical (unpaired) electrons. The third-order valence-corrected chi connectivity index (χ3v) is 9.61. The lowest BCUT2D eigenvalue weighted by Crippen LogP contribution is -2.39. The van der Waals surface area contributed by atoms with Crippen molar-refractivity contribution in [1.82, 2.24) is 19.3 Å². The van der Waals surface area contributed by atoms with Crippen LogP contribution < -0.4 is 19.5 Å². The summed E-state index contributed by atoms with van der Waals surface area (Å²) in [6.45, 7) is 11.7. The Morgan fingerprint density at radius 3 is 2.40 bits per heavy atom. The van der Waals surface area contributed by atoms with Crippen LogP contribution in [0.15, 0.2) is 36.4 Å². The highest BCUT2D eigenvalue weighted by molar-refractivity contribution is 7.92. The van der Waals surface area contributed by atoms with Gasteiger partial charge in [0, 0.05) is 57.8 Å². The number of hydrogen-bond acceptors (Lipinski definition) is 8. The quantitative estimate of drug-likeness (QED) is 0.361. The highest BCUT2D eigenvalue weighted by atomic mass is 32.2. The summed E-state index contributed by atoms with van der Waals surface area (Å²) in [7, 11) is 1.74. The molecule has 12 nitrogen and oxygen atoms in total. The van der Waals surface area contributed by atoms with E-state index in [1.165, 1.54) is 7.11 Å². The molecule has 3 aromatic rings. The largest absolute Gasteiger partial charge is 0.492 e. The minimum atomic E-state index is -3.61. The zero-order chi connectivity index (χ0) is 34.1. The summed E-state index contributed by atoms with van der Waals surface area (Å²) < 4.78 is 39.9. The predicted octanol–water partition coefficient (Wildman–Crippen LogP) is 4.45. The van der Waals surface area contributed by atoms with E-state index in [-0.39, 0.29) is 34.4 Å². The Balaban J connectivity index is 1.32. The number of aromatic nitrogens is 1. The Labute approximate surface area is 278 Å². The Morgan fingerprint density at radius 2 is 1.74 bits per heavy atom. The second-order valence-electron chi connectivity index (χ2n) is 13.8. The zero-order valence-corrected chi connectivity index (χ0v) is 29.4. The molecule has 0 bridgehead atoms. The number of nitrogens with one attached hydrogen (secondary N) is 2. The van der Waals surface area contributed by atoms with Crippen LogP contribution in [0, 0.1) is 5.92 Å². The van der Waals surface area contributed by atoms with Crippen LogP contribution in [-0.4, -0.2) is 99.4 Å². The number of benzene rings is 2. The van der Waals surface area contributed by atoms with E-state index in [0.29, 0.717) is 12.4 Å². The number of ether oxygens (including phenoxy) is 2. The van der Waals surface area contributed by atoms with E-state index < -0.39 is 16.1 Å². The van der Waals surface area contributed by atoms with Gasteiger partial charge >= 0.3 is 6.09 Å². The first-order valence-corrected chi connectivity index (χ1v) is 18.0. The number of likely N-dealkylation sites (tertiary alicyclic amines) is 1. The number of amides is 2. The molecule has 2 aliphatic rings. The first-order valence-electron chi connectivity index (χ1n) is 16.1. The molecule has 2 saturated heterocycles. The maximum absolute atomic E-state index is 13.3. The average Bonchev–Trinajstić information content (AvgIpc) is 3.46. The molecule has 0 aliphatic carbocycles. The normalized spacial score (nSPS) is 18.3. The molecule has 13 heteroatoms. The van der Waals surface area contributed by atoms with Gasteiger partial charge in [0.25, 0.3) is 0 Å². The molecular formula is C34H48N6O6S. The number of anilines is 2. The number of carbonyl (C=O) groups excluding carboxylic acids is 2. The van der Waals surface area contributed by atoms with Gasteiger partial charge in [0.05, 0.1) is 36.2 Å². The third kappa shape index (κ3) is 8.20. The van der Waals surface area contributed by atoms with Crippen molar-refractivity contribution in [3.63, 3.8) is 0 Å². The number of aryl methyl sites for hydroxylation is 1. The number of nitrogens with zero attached hydrogens (tertiary/aromatic N) is 4. The number of methoxy groups -OCH3 is 1. The zero-order valence-electron chi connectivity index (χ0n) is 28.6. The van der Waals surface area contributed by atoms with Gasteiger partial charge in [-0.3, -0.25) is 19.7 Å². The number of hydrogen-bond donors (Lipinski definition) is 2. The van der Waals surface area contributed by atoms with Gasteiger partial charge in [-0.15, -0.1) is 0 Å². The smallest absolute Gasteiger partial charge is 0.418 e. The number of rotatable bonds is 8. The molecule has 3 heterocycles. The number of fused-ring (bicyclic) bond motifs is 1. The van der Waals surface area contributed by atoms with Crippen molar-refractivity contribution in [2.24, 2.45) is 13.0 Å². The first-order chi connectivity index (χ1) is 22.1. The number of para-hydroxylation sites is 1. The van der Waals surface area contributed by atoms with Crippen LogP contribution in [0.5, 0.6) is 11.6 Å². The maximum atomic E-state index is 13.3. The van der Waals surface area contributed by atoms with E-state index in [0.717, 1.165) is 80.4 Å². The maximum Gasteiger partial charge on any atom is 0.418 e. The minimum absolute atomic E-state index is 0.106. The van der Waals surface area contributed by atoms with E-state index >= 15 is 0 Å². The van der Waals surface area contributed by atoms with Gasteiger partial charge in [0.2, 0.25) is 21.8 Å². The van der Waals surface area contributed by atoms with Crippen LogP contribution in [-0.2, 0) is 33.8 Å². The van der Waals surface area contributed by atoms with Crippen LogP contribution in [0.2, 0.25) is 0 Å². The number of carbonyl (C=O) groups is 2. The van der Waals surface area contributed by atoms with Crippen LogP contribution in [0.25, 0.3) is 10.9 Å². The molecular weight excluding hydrogens is 620 g/mol. The lowest BCUT2D eigenvalue weighted by molar-refractivity contribution is -0.135. The van der Waals surface area contributed by atoms with Gasteiger partial charge in [-0.25, -0.2) is 13.2 Å². The van der Waals surface area contributed by atoms with E-state index in [1.807, 2.05) is 55.5 Å².